The van der Waals surface area contributed by atoms with Gasteiger partial charge in [0.15, 0.2) is 0 Å². The lowest BCUT2D eigenvalue weighted by molar-refractivity contribution is -0.117. The molecule has 1 amide bonds. The maximum Gasteiger partial charge on any atom is 0.227 e. The molecule has 2 fully saturated rings. The molecule has 1 atom stereocenters. The van der Waals surface area contributed by atoms with E-state index in [1.165, 1.54) is 5.56 Å². The van der Waals surface area contributed by atoms with Crippen LogP contribution in [0.25, 0.3) is 0 Å². The van der Waals surface area contributed by atoms with Gasteiger partial charge in [-0.2, -0.15) is 5.10 Å². The summed E-state index contributed by atoms with van der Waals surface area (Å²) in [5, 5.41) is 4.51. The number of amides is 1. The van der Waals surface area contributed by atoms with Gasteiger partial charge in [0.2, 0.25) is 5.91 Å². The van der Waals surface area contributed by atoms with Gasteiger partial charge in [-0.05, 0) is 18.4 Å². The van der Waals surface area contributed by atoms with Crippen LogP contribution in [0.3, 0.4) is 0 Å². The molecule has 120 valence electrons. The minimum atomic E-state index is 0.224. The van der Waals surface area contributed by atoms with Gasteiger partial charge in [-0.25, -0.2) is 0 Å². The fourth-order valence-electron chi connectivity index (χ4n) is 3.60. The Bertz CT molecular complexity index is 681. The Morgan fingerprint density at radius 3 is 2.83 bits per heavy atom. The molecule has 5 nitrogen and oxygen atoms in total. The summed E-state index contributed by atoms with van der Waals surface area (Å²) in [6.45, 7) is 3.94. The van der Waals surface area contributed by atoms with E-state index in [1.807, 2.05) is 22.0 Å². The molecule has 1 aromatic carbocycles. The molecular weight excluding hydrogens is 288 g/mol. The third-order valence-corrected chi connectivity index (χ3v) is 4.84. The zero-order chi connectivity index (χ0) is 15.6. The summed E-state index contributed by atoms with van der Waals surface area (Å²) in [6, 6.07) is 11.0. The van der Waals surface area contributed by atoms with E-state index in [9.17, 15) is 4.79 Å². The average Bonchev–Trinajstić information content (AvgIpc) is 3.28. The molecule has 3 heterocycles. The predicted molar refractivity (Wildman–Crippen MR) is 89.2 cm³/mol. The lowest BCUT2D eigenvalue weighted by atomic mass is 10.2. The van der Waals surface area contributed by atoms with Crippen LogP contribution in [0.2, 0.25) is 0 Å². The molecule has 0 aliphatic carbocycles. The highest BCUT2D eigenvalue weighted by atomic mass is 16.2. The largest absolute Gasteiger partial charge is 0.309 e. The highest BCUT2D eigenvalue weighted by molar-refractivity contribution is 5.95. The van der Waals surface area contributed by atoms with Crippen molar-refractivity contribution in [2.75, 3.05) is 24.5 Å². The van der Waals surface area contributed by atoms with Gasteiger partial charge in [0.05, 0.1) is 17.9 Å². The molecule has 5 heteroatoms. The van der Waals surface area contributed by atoms with Crippen LogP contribution in [-0.2, 0) is 11.3 Å². The molecule has 1 unspecified atom stereocenters. The van der Waals surface area contributed by atoms with E-state index < -0.39 is 0 Å². The van der Waals surface area contributed by atoms with Gasteiger partial charge in [-0.3, -0.25) is 14.4 Å². The normalized spacial score (nSPS) is 22.2. The summed E-state index contributed by atoms with van der Waals surface area (Å²) in [5.74, 6) is 0.224. The molecule has 0 bridgehead atoms. The number of hydrogen-bond donors (Lipinski definition) is 0. The van der Waals surface area contributed by atoms with Gasteiger partial charge in [0, 0.05) is 38.8 Å². The van der Waals surface area contributed by atoms with Crippen LogP contribution in [0, 0.1) is 0 Å². The van der Waals surface area contributed by atoms with E-state index in [1.54, 1.807) is 0 Å². The fourth-order valence-corrected chi connectivity index (χ4v) is 3.60. The van der Waals surface area contributed by atoms with Crippen molar-refractivity contribution < 1.29 is 4.79 Å². The number of anilines is 1. The highest BCUT2D eigenvalue weighted by Gasteiger charge is 2.27. The first kappa shape index (κ1) is 14.5. The van der Waals surface area contributed by atoms with Crippen LogP contribution < -0.4 is 4.90 Å². The van der Waals surface area contributed by atoms with Gasteiger partial charge in [0.1, 0.15) is 0 Å². The molecule has 23 heavy (non-hydrogen) atoms. The Hall–Kier alpha value is -2.14. The molecule has 2 saturated heterocycles. The molecule has 0 N–H and O–H groups in total. The van der Waals surface area contributed by atoms with E-state index in [2.05, 4.69) is 40.3 Å². The van der Waals surface area contributed by atoms with Gasteiger partial charge in [-0.15, -0.1) is 0 Å². The molecule has 0 radical (unpaired) electrons. The predicted octanol–water partition coefficient (Wildman–Crippen LogP) is 2.46. The topological polar surface area (TPSA) is 41.4 Å². The Morgan fingerprint density at radius 1 is 1.17 bits per heavy atom. The Labute approximate surface area is 136 Å². The maximum absolute atomic E-state index is 11.8. The third-order valence-electron chi connectivity index (χ3n) is 4.84. The first-order valence-corrected chi connectivity index (χ1v) is 8.40. The number of nitrogens with zero attached hydrogens (tertiary/aromatic N) is 4. The van der Waals surface area contributed by atoms with Crippen LogP contribution in [-0.4, -0.2) is 40.2 Å². The van der Waals surface area contributed by atoms with Crippen LogP contribution in [0.5, 0.6) is 0 Å². The van der Waals surface area contributed by atoms with Gasteiger partial charge < -0.3 is 4.90 Å². The monoisotopic (exact) mass is 310 g/mol. The van der Waals surface area contributed by atoms with Gasteiger partial charge >= 0.3 is 0 Å². The summed E-state index contributed by atoms with van der Waals surface area (Å²) in [7, 11) is 0. The molecule has 2 aromatic rings. The number of carbonyl (C=O) groups excluding carboxylic acids is 1. The lowest BCUT2D eigenvalue weighted by Gasteiger charge is -2.16. The zero-order valence-corrected chi connectivity index (χ0v) is 13.3. The van der Waals surface area contributed by atoms with Crippen molar-refractivity contribution in [3.05, 3.63) is 48.3 Å². The van der Waals surface area contributed by atoms with E-state index in [0.29, 0.717) is 12.5 Å². The van der Waals surface area contributed by atoms with Crippen molar-refractivity contribution in [1.29, 1.82) is 0 Å². The first-order chi connectivity index (χ1) is 11.3. The SMILES string of the molecule is O=C1CCCN1c1cnn(C2CCN(Cc3ccccc3)C2)c1. The van der Waals surface area contributed by atoms with Crippen LogP contribution in [0.15, 0.2) is 42.7 Å². The van der Waals surface area contributed by atoms with E-state index in [4.69, 9.17) is 0 Å². The smallest absolute Gasteiger partial charge is 0.227 e. The Balaban J connectivity index is 1.40. The van der Waals surface area contributed by atoms with Crippen molar-refractivity contribution in [3.63, 3.8) is 0 Å². The number of benzene rings is 1. The molecule has 4 rings (SSSR count). The molecule has 0 saturated carbocycles. The van der Waals surface area contributed by atoms with Gasteiger partial charge in [0.25, 0.3) is 0 Å². The Morgan fingerprint density at radius 2 is 2.04 bits per heavy atom. The maximum atomic E-state index is 11.8. The fraction of sp³-hybridized carbons (Fsp3) is 0.444. The quantitative estimate of drug-likeness (QED) is 0.871. The molecule has 2 aliphatic rings. The average molecular weight is 310 g/mol. The minimum Gasteiger partial charge on any atom is -0.309 e. The van der Waals surface area contributed by atoms with Crippen molar-refractivity contribution in [1.82, 2.24) is 14.7 Å². The minimum absolute atomic E-state index is 0.224. The van der Waals surface area contributed by atoms with Gasteiger partial charge in [-0.1, -0.05) is 30.3 Å². The van der Waals surface area contributed by atoms with Crippen molar-refractivity contribution in [2.24, 2.45) is 0 Å². The molecular formula is C18H22N4O. The second kappa shape index (κ2) is 6.16. The molecule has 2 aliphatic heterocycles. The zero-order valence-electron chi connectivity index (χ0n) is 13.3. The second-order valence-corrected chi connectivity index (χ2v) is 6.49. The van der Waals surface area contributed by atoms with E-state index >= 15 is 0 Å². The van der Waals surface area contributed by atoms with E-state index in [0.717, 1.165) is 44.7 Å². The van der Waals surface area contributed by atoms with Crippen LogP contribution in [0.4, 0.5) is 5.69 Å². The van der Waals surface area contributed by atoms with Crippen LogP contribution >= 0.6 is 0 Å². The number of carbonyl (C=O) groups is 1. The van der Waals surface area contributed by atoms with Crippen molar-refractivity contribution in [3.8, 4) is 0 Å². The number of aromatic nitrogens is 2. The van der Waals surface area contributed by atoms with E-state index in [-0.39, 0.29) is 5.91 Å². The number of hydrogen-bond acceptors (Lipinski definition) is 3. The third kappa shape index (κ3) is 3.01. The standard InChI is InChI=1S/C18H22N4O/c23-18-7-4-9-21(18)17-11-19-22(14-17)16-8-10-20(13-16)12-15-5-2-1-3-6-15/h1-3,5-6,11,14,16H,4,7-10,12-13H2. The van der Waals surface area contributed by atoms with Crippen molar-refractivity contribution >= 4 is 11.6 Å². The number of likely N-dealkylation sites (tertiary alicyclic amines) is 1. The molecule has 0 spiro atoms. The highest BCUT2D eigenvalue weighted by Crippen LogP contribution is 2.26. The summed E-state index contributed by atoms with van der Waals surface area (Å²) in [6.07, 6.45) is 6.61. The van der Waals surface area contributed by atoms with Crippen LogP contribution in [0.1, 0.15) is 30.9 Å². The Kier molecular flexibility index (Phi) is 3.87. The summed E-state index contributed by atoms with van der Waals surface area (Å²) < 4.78 is 2.05. The summed E-state index contributed by atoms with van der Waals surface area (Å²) >= 11 is 0. The summed E-state index contributed by atoms with van der Waals surface area (Å²) in [4.78, 5) is 16.2. The summed E-state index contributed by atoms with van der Waals surface area (Å²) in [5.41, 5.74) is 2.31. The number of rotatable bonds is 4. The second-order valence-electron chi connectivity index (χ2n) is 6.49. The first-order valence-electron chi connectivity index (χ1n) is 8.40. The lowest BCUT2D eigenvalue weighted by Crippen LogP contribution is -2.23. The van der Waals surface area contributed by atoms with Crippen molar-refractivity contribution in [2.45, 2.75) is 31.8 Å². The molecule has 1 aromatic heterocycles.